The molecular formula is C19H20N6O5S2. The van der Waals surface area contributed by atoms with Gasteiger partial charge in [-0.1, -0.05) is 42.1 Å². The molecule has 1 saturated heterocycles. The van der Waals surface area contributed by atoms with Crippen LogP contribution in [-0.4, -0.2) is 77.7 Å². The zero-order chi connectivity index (χ0) is 22.9. The minimum Gasteiger partial charge on any atom is -0.477 e. The van der Waals surface area contributed by atoms with Gasteiger partial charge in [-0.05, 0) is 21.6 Å². The zero-order valence-electron chi connectivity index (χ0n) is 17.2. The molecule has 13 heteroatoms. The molecule has 2 aliphatic heterocycles. The van der Waals surface area contributed by atoms with E-state index in [1.807, 2.05) is 30.3 Å². The molecule has 168 valence electrons. The third-order valence-electron chi connectivity index (χ3n) is 5.12. The Balaban J connectivity index is 1.52. The summed E-state index contributed by atoms with van der Waals surface area (Å²) in [4.78, 5) is 39.0. The van der Waals surface area contributed by atoms with Gasteiger partial charge in [0.15, 0.2) is 0 Å². The van der Waals surface area contributed by atoms with E-state index in [0.29, 0.717) is 22.2 Å². The summed E-state index contributed by atoms with van der Waals surface area (Å²) in [5, 5.41) is 23.6. The molecule has 0 saturated carbocycles. The SMILES string of the molecule is CO[C@]1(NC(=O)Cc2ccccc2)C(=O)N2C(C(=O)O)=C(CSc3nnnn3C)CSC21. The number of hydrogen-bond donors (Lipinski definition) is 2. The molecule has 0 spiro atoms. The lowest BCUT2D eigenvalue weighted by Crippen LogP contribution is -2.80. The molecule has 3 heterocycles. The lowest BCUT2D eigenvalue weighted by molar-refractivity contribution is -0.192. The maximum atomic E-state index is 13.1. The number of carboxylic acid groups (broad SMARTS) is 1. The number of ether oxygens (including phenoxy) is 1. The van der Waals surface area contributed by atoms with Gasteiger partial charge in [0.25, 0.3) is 11.6 Å². The van der Waals surface area contributed by atoms with Gasteiger partial charge in [0.2, 0.25) is 11.1 Å². The van der Waals surface area contributed by atoms with E-state index >= 15 is 0 Å². The summed E-state index contributed by atoms with van der Waals surface area (Å²) >= 11 is 2.62. The molecule has 1 aromatic carbocycles. The van der Waals surface area contributed by atoms with Gasteiger partial charge in [0, 0.05) is 25.7 Å². The summed E-state index contributed by atoms with van der Waals surface area (Å²) < 4.78 is 6.95. The molecule has 32 heavy (non-hydrogen) atoms. The van der Waals surface area contributed by atoms with E-state index in [1.54, 1.807) is 7.05 Å². The number of thioether (sulfide) groups is 2. The topological polar surface area (TPSA) is 140 Å². The minimum atomic E-state index is -1.61. The fraction of sp³-hybridized carbons (Fsp3) is 0.368. The van der Waals surface area contributed by atoms with Crippen molar-refractivity contribution < 1.29 is 24.2 Å². The van der Waals surface area contributed by atoms with Crippen LogP contribution in [0.4, 0.5) is 0 Å². The first kappa shape index (κ1) is 22.3. The summed E-state index contributed by atoms with van der Waals surface area (Å²) in [6.07, 6.45) is 0.0753. The van der Waals surface area contributed by atoms with Crippen LogP contribution in [0.5, 0.6) is 0 Å². The quantitative estimate of drug-likeness (QED) is 0.310. The third kappa shape index (κ3) is 3.87. The molecule has 1 unspecified atom stereocenters. The van der Waals surface area contributed by atoms with Crippen molar-refractivity contribution in [3.63, 3.8) is 0 Å². The Hall–Kier alpha value is -2.90. The summed E-state index contributed by atoms with van der Waals surface area (Å²) in [6.45, 7) is 0. The molecule has 2 aromatic rings. The molecule has 4 rings (SSSR count). The van der Waals surface area contributed by atoms with Gasteiger partial charge in [-0.2, -0.15) is 0 Å². The number of fused-ring (bicyclic) bond motifs is 1. The molecule has 2 amide bonds. The largest absolute Gasteiger partial charge is 0.477 e. The van der Waals surface area contributed by atoms with E-state index in [-0.39, 0.29) is 18.0 Å². The maximum Gasteiger partial charge on any atom is 0.352 e. The number of carbonyl (C=O) groups is 3. The minimum absolute atomic E-state index is 0.0753. The fourth-order valence-electron chi connectivity index (χ4n) is 3.58. The van der Waals surface area contributed by atoms with E-state index in [1.165, 1.54) is 40.2 Å². The van der Waals surface area contributed by atoms with Crippen LogP contribution >= 0.6 is 23.5 Å². The number of nitrogens with zero attached hydrogens (tertiary/aromatic N) is 5. The summed E-state index contributed by atoms with van der Waals surface area (Å²) in [5.41, 5.74) is -0.338. The number of nitrogens with one attached hydrogen (secondary N) is 1. The van der Waals surface area contributed by atoms with E-state index < -0.39 is 23.0 Å². The highest BCUT2D eigenvalue weighted by Crippen LogP contribution is 2.47. The van der Waals surface area contributed by atoms with Crippen molar-refractivity contribution >= 4 is 41.3 Å². The normalized spacial score (nSPS) is 22.4. The van der Waals surface area contributed by atoms with Gasteiger partial charge in [-0.3, -0.25) is 14.5 Å². The van der Waals surface area contributed by atoms with Crippen molar-refractivity contribution in [3.8, 4) is 0 Å². The summed E-state index contributed by atoms with van der Waals surface area (Å²) in [5.74, 6) is -1.55. The number of carboxylic acids is 1. The average molecular weight is 477 g/mol. The first-order valence-electron chi connectivity index (χ1n) is 9.53. The van der Waals surface area contributed by atoms with E-state index in [4.69, 9.17) is 4.74 Å². The van der Waals surface area contributed by atoms with Crippen LogP contribution < -0.4 is 5.32 Å². The van der Waals surface area contributed by atoms with Gasteiger partial charge in [0.1, 0.15) is 11.1 Å². The van der Waals surface area contributed by atoms with Crippen LogP contribution in [0.2, 0.25) is 0 Å². The Bertz CT molecular complexity index is 1090. The Morgan fingerprint density at radius 1 is 1.38 bits per heavy atom. The van der Waals surface area contributed by atoms with Gasteiger partial charge in [-0.15, -0.1) is 16.9 Å². The molecule has 2 N–H and O–H groups in total. The van der Waals surface area contributed by atoms with Crippen molar-refractivity contribution in [1.82, 2.24) is 30.4 Å². The lowest BCUT2D eigenvalue weighted by Gasteiger charge is -2.55. The molecule has 1 aromatic heterocycles. The van der Waals surface area contributed by atoms with Crippen LogP contribution in [-0.2, 0) is 32.6 Å². The number of tetrazole rings is 1. The van der Waals surface area contributed by atoms with Gasteiger partial charge in [0.05, 0.1) is 6.42 Å². The Morgan fingerprint density at radius 3 is 2.75 bits per heavy atom. The highest BCUT2D eigenvalue weighted by molar-refractivity contribution is 8.01. The Labute approximate surface area is 191 Å². The average Bonchev–Trinajstić information content (AvgIpc) is 3.20. The fourth-order valence-corrected chi connectivity index (χ4v) is 6.01. The van der Waals surface area contributed by atoms with Crippen LogP contribution in [0.3, 0.4) is 0 Å². The van der Waals surface area contributed by atoms with Crippen molar-refractivity contribution in [2.45, 2.75) is 22.7 Å². The number of aliphatic carboxylic acids is 1. The third-order valence-corrected chi connectivity index (χ3v) is 7.59. The van der Waals surface area contributed by atoms with Gasteiger partial charge < -0.3 is 15.2 Å². The number of rotatable bonds is 8. The monoisotopic (exact) mass is 476 g/mol. The predicted octanol–water partition coefficient (Wildman–Crippen LogP) is 0.258. The van der Waals surface area contributed by atoms with Crippen molar-refractivity contribution in [1.29, 1.82) is 0 Å². The van der Waals surface area contributed by atoms with Crippen LogP contribution in [0.25, 0.3) is 0 Å². The molecule has 2 aliphatic rings. The van der Waals surface area contributed by atoms with Crippen LogP contribution in [0.15, 0.2) is 46.8 Å². The standard InChI is InChI=1S/C19H20N6O5S2/c1-24-18(21-22-23-24)32-10-12-9-31-17-19(30-2,16(29)25(17)14(12)15(27)28)20-13(26)8-11-6-4-3-5-7-11/h3-7,17H,8-10H2,1-2H3,(H,20,26)(H,27,28)/t17?,19-/m1/s1. The van der Waals surface area contributed by atoms with E-state index in [0.717, 1.165) is 5.56 Å². The number of hydrogen-bond acceptors (Lipinski definition) is 9. The summed E-state index contributed by atoms with van der Waals surface area (Å²) in [7, 11) is 3.01. The number of carbonyl (C=O) groups excluding carboxylic acids is 2. The number of benzene rings is 1. The van der Waals surface area contributed by atoms with Crippen molar-refractivity contribution in [2.75, 3.05) is 18.6 Å². The first-order valence-corrected chi connectivity index (χ1v) is 11.6. The zero-order valence-corrected chi connectivity index (χ0v) is 18.9. The van der Waals surface area contributed by atoms with Crippen LogP contribution in [0, 0.1) is 0 Å². The van der Waals surface area contributed by atoms with Gasteiger partial charge >= 0.3 is 5.97 Å². The second-order valence-corrected chi connectivity index (χ2v) is 9.13. The number of aromatic nitrogens is 4. The van der Waals surface area contributed by atoms with Crippen molar-refractivity contribution in [2.24, 2.45) is 7.05 Å². The first-order chi connectivity index (χ1) is 15.4. The number of methoxy groups -OCH3 is 1. The maximum absolute atomic E-state index is 13.1. The highest BCUT2D eigenvalue weighted by Gasteiger charge is 2.66. The molecule has 1 fully saturated rings. The molecule has 0 bridgehead atoms. The molecule has 2 atom stereocenters. The number of amides is 2. The lowest BCUT2D eigenvalue weighted by atomic mass is 9.98. The highest BCUT2D eigenvalue weighted by atomic mass is 32.2. The Morgan fingerprint density at radius 2 is 2.12 bits per heavy atom. The molecule has 0 radical (unpaired) electrons. The number of aryl methyl sites for hydroxylation is 1. The number of β-lactam (4-membered cyclic amide) rings is 1. The second-order valence-electron chi connectivity index (χ2n) is 7.12. The smallest absolute Gasteiger partial charge is 0.352 e. The van der Waals surface area contributed by atoms with E-state index in [9.17, 15) is 19.5 Å². The molecule has 11 nitrogen and oxygen atoms in total. The second kappa shape index (κ2) is 8.92. The van der Waals surface area contributed by atoms with E-state index in [2.05, 4.69) is 20.8 Å². The molecular weight excluding hydrogens is 456 g/mol. The summed E-state index contributed by atoms with van der Waals surface area (Å²) in [6, 6.07) is 9.11. The van der Waals surface area contributed by atoms with Crippen molar-refractivity contribution in [3.05, 3.63) is 47.2 Å². The van der Waals surface area contributed by atoms with Gasteiger partial charge in [-0.25, -0.2) is 9.48 Å². The predicted molar refractivity (Wildman–Crippen MR) is 115 cm³/mol. The van der Waals surface area contributed by atoms with Crippen LogP contribution in [0.1, 0.15) is 5.56 Å². The Kier molecular flexibility index (Phi) is 6.22. The molecule has 0 aliphatic carbocycles.